The summed E-state index contributed by atoms with van der Waals surface area (Å²) < 4.78 is 5.57. The molecule has 0 amide bonds. The molecule has 1 aromatic carbocycles. The van der Waals surface area contributed by atoms with Crippen LogP contribution in [0.5, 0.6) is 11.8 Å². The van der Waals surface area contributed by atoms with E-state index in [1.54, 1.807) is 6.20 Å². The van der Waals surface area contributed by atoms with Crippen LogP contribution in [0.15, 0.2) is 30.5 Å². The Labute approximate surface area is 94.1 Å². The molecule has 2 N–H and O–H groups in total. The number of aromatic nitrogens is 2. The molecule has 0 radical (unpaired) electrons. The van der Waals surface area contributed by atoms with Gasteiger partial charge in [0, 0.05) is 23.1 Å². The molecule has 82 valence electrons. The maximum absolute atomic E-state index is 5.78. The van der Waals surface area contributed by atoms with Crippen LogP contribution in [0.1, 0.15) is 11.3 Å². The minimum Gasteiger partial charge on any atom is -0.424 e. The van der Waals surface area contributed by atoms with E-state index in [-0.39, 0.29) is 0 Å². The smallest absolute Gasteiger partial charge is 0.322 e. The van der Waals surface area contributed by atoms with Crippen molar-refractivity contribution in [1.82, 2.24) is 9.97 Å². The number of nitrogens with two attached hydrogens (primary N) is 1. The number of ether oxygens (including phenoxy) is 1. The summed E-state index contributed by atoms with van der Waals surface area (Å²) >= 11 is 0. The van der Waals surface area contributed by atoms with Gasteiger partial charge in [-0.25, -0.2) is 9.97 Å². The summed E-state index contributed by atoms with van der Waals surface area (Å²) in [6.45, 7) is 3.79. The van der Waals surface area contributed by atoms with Crippen LogP contribution in [0, 0.1) is 13.8 Å². The Hall–Kier alpha value is -2.10. The third-order valence-electron chi connectivity index (χ3n) is 2.30. The van der Waals surface area contributed by atoms with Crippen LogP contribution in [0.2, 0.25) is 0 Å². The van der Waals surface area contributed by atoms with Crippen molar-refractivity contribution in [2.75, 3.05) is 5.73 Å². The molecule has 0 aliphatic rings. The third kappa shape index (κ3) is 2.11. The lowest BCUT2D eigenvalue weighted by Crippen LogP contribution is -1.96. The van der Waals surface area contributed by atoms with Gasteiger partial charge in [0.05, 0.1) is 0 Å². The first-order chi connectivity index (χ1) is 7.66. The van der Waals surface area contributed by atoms with Gasteiger partial charge in [-0.2, -0.15) is 0 Å². The largest absolute Gasteiger partial charge is 0.424 e. The lowest BCUT2D eigenvalue weighted by Gasteiger charge is -2.08. The Balaban J connectivity index is 2.31. The number of aryl methyl sites for hydroxylation is 1. The van der Waals surface area contributed by atoms with Gasteiger partial charge >= 0.3 is 6.01 Å². The van der Waals surface area contributed by atoms with Gasteiger partial charge in [-0.15, -0.1) is 0 Å². The standard InChI is InChI=1S/C12H13N3O/c1-8-6-7-14-12(15-8)16-11-5-3-4-10(13)9(11)2/h3-7H,13H2,1-2H3. The quantitative estimate of drug-likeness (QED) is 0.782. The van der Waals surface area contributed by atoms with Crippen molar-refractivity contribution in [2.24, 2.45) is 0 Å². The first kappa shape index (κ1) is 10.4. The van der Waals surface area contributed by atoms with Gasteiger partial charge in [-0.3, -0.25) is 0 Å². The lowest BCUT2D eigenvalue weighted by molar-refractivity contribution is 0.437. The van der Waals surface area contributed by atoms with Gasteiger partial charge in [0.2, 0.25) is 0 Å². The summed E-state index contributed by atoms with van der Waals surface area (Å²) in [6, 6.07) is 7.68. The van der Waals surface area contributed by atoms with Crippen molar-refractivity contribution < 1.29 is 4.74 Å². The maximum Gasteiger partial charge on any atom is 0.322 e. The fourth-order valence-electron chi connectivity index (χ4n) is 1.32. The summed E-state index contributed by atoms with van der Waals surface area (Å²) in [5.74, 6) is 0.686. The highest BCUT2D eigenvalue weighted by Crippen LogP contribution is 2.26. The van der Waals surface area contributed by atoms with E-state index >= 15 is 0 Å². The normalized spacial score (nSPS) is 10.1. The molecule has 16 heavy (non-hydrogen) atoms. The molecule has 4 nitrogen and oxygen atoms in total. The lowest BCUT2D eigenvalue weighted by atomic mass is 10.2. The Morgan fingerprint density at radius 1 is 1.19 bits per heavy atom. The molecule has 0 unspecified atom stereocenters. The summed E-state index contributed by atoms with van der Waals surface area (Å²) in [5.41, 5.74) is 8.25. The van der Waals surface area contributed by atoms with Gasteiger partial charge in [0.15, 0.2) is 0 Å². The van der Waals surface area contributed by atoms with Gasteiger partial charge in [-0.1, -0.05) is 6.07 Å². The Bertz CT molecular complexity index is 511. The number of rotatable bonds is 2. The molecule has 0 aliphatic heterocycles. The number of anilines is 1. The molecule has 0 atom stereocenters. The second kappa shape index (κ2) is 4.18. The fourth-order valence-corrected chi connectivity index (χ4v) is 1.32. The maximum atomic E-state index is 5.78. The predicted molar refractivity (Wildman–Crippen MR) is 62.4 cm³/mol. The summed E-state index contributed by atoms with van der Waals surface area (Å²) in [5, 5.41) is 0. The van der Waals surface area contributed by atoms with E-state index in [9.17, 15) is 0 Å². The van der Waals surface area contributed by atoms with Gasteiger partial charge < -0.3 is 10.5 Å². The van der Waals surface area contributed by atoms with E-state index in [0.29, 0.717) is 17.4 Å². The molecule has 0 aliphatic carbocycles. The first-order valence-corrected chi connectivity index (χ1v) is 4.99. The third-order valence-corrected chi connectivity index (χ3v) is 2.30. The van der Waals surface area contributed by atoms with Crippen LogP contribution in [-0.2, 0) is 0 Å². The van der Waals surface area contributed by atoms with Gasteiger partial charge in [-0.05, 0) is 32.0 Å². The Morgan fingerprint density at radius 3 is 2.75 bits per heavy atom. The second-order valence-corrected chi connectivity index (χ2v) is 3.55. The van der Waals surface area contributed by atoms with Crippen molar-refractivity contribution >= 4 is 5.69 Å². The van der Waals surface area contributed by atoms with E-state index in [2.05, 4.69) is 9.97 Å². The average molecular weight is 215 g/mol. The monoisotopic (exact) mass is 215 g/mol. The molecule has 2 rings (SSSR count). The zero-order chi connectivity index (χ0) is 11.5. The van der Waals surface area contributed by atoms with Crippen LogP contribution in [0.25, 0.3) is 0 Å². The number of hydrogen-bond acceptors (Lipinski definition) is 4. The second-order valence-electron chi connectivity index (χ2n) is 3.55. The number of nitrogens with zero attached hydrogens (tertiary/aromatic N) is 2. The predicted octanol–water partition coefficient (Wildman–Crippen LogP) is 2.47. The van der Waals surface area contributed by atoms with Crippen molar-refractivity contribution in [3.8, 4) is 11.8 Å². The highest BCUT2D eigenvalue weighted by molar-refractivity contribution is 5.53. The number of benzene rings is 1. The van der Waals surface area contributed by atoms with E-state index in [4.69, 9.17) is 10.5 Å². The molecule has 0 bridgehead atoms. The molecular formula is C12H13N3O. The highest BCUT2D eigenvalue weighted by atomic mass is 16.5. The average Bonchev–Trinajstić information content (AvgIpc) is 2.25. The van der Waals surface area contributed by atoms with Crippen LogP contribution in [0.3, 0.4) is 0 Å². The summed E-state index contributed by atoms with van der Waals surface area (Å²) in [4.78, 5) is 8.20. The van der Waals surface area contributed by atoms with E-state index in [0.717, 1.165) is 11.3 Å². The van der Waals surface area contributed by atoms with Crippen molar-refractivity contribution in [1.29, 1.82) is 0 Å². The van der Waals surface area contributed by atoms with Crippen LogP contribution in [0.4, 0.5) is 5.69 Å². The van der Waals surface area contributed by atoms with Gasteiger partial charge in [0.1, 0.15) is 5.75 Å². The molecule has 1 heterocycles. The SMILES string of the molecule is Cc1ccnc(Oc2cccc(N)c2C)n1. The molecule has 0 saturated heterocycles. The molecule has 0 spiro atoms. The van der Waals surface area contributed by atoms with Gasteiger partial charge in [0.25, 0.3) is 0 Å². The number of hydrogen-bond donors (Lipinski definition) is 1. The van der Waals surface area contributed by atoms with Crippen molar-refractivity contribution in [3.63, 3.8) is 0 Å². The minimum absolute atomic E-state index is 0.341. The van der Waals surface area contributed by atoms with Crippen molar-refractivity contribution in [2.45, 2.75) is 13.8 Å². The first-order valence-electron chi connectivity index (χ1n) is 4.99. The van der Waals surface area contributed by atoms with Crippen LogP contribution in [-0.4, -0.2) is 9.97 Å². The fraction of sp³-hybridized carbons (Fsp3) is 0.167. The molecule has 0 fully saturated rings. The van der Waals surface area contributed by atoms with E-state index in [1.807, 2.05) is 38.1 Å². The zero-order valence-electron chi connectivity index (χ0n) is 9.27. The molecule has 0 saturated carbocycles. The van der Waals surface area contributed by atoms with Crippen LogP contribution >= 0.6 is 0 Å². The Kier molecular flexibility index (Phi) is 2.72. The molecule has 2 aromatic rings. The zero-order valence-corrected chi connectivity index (χ0v) is 9.27. The minimum atomic E-state index is 0.341. The Morgan fingerprint density at radius 2 is 2.00 bits per heavy atom. The summed E-state index contributed by atoms with van der Waals surface area (Å²) in [7, 11) is 0. The van der Waals surface area contributed by atoms with Crippen molar-refractivity contribution in [3.05, 3.63) is 41.7 Å². The van der Waals surface area contributed by atoms with Crippen LogP contribution < -0.4 is 10.5 Å². The topological polar surface area (TPSA) is 61.0 Å². The molecular weight excluding hydrogens is 202 g/mol. The molecule has 1 aromatic heterocycles. The summed E-state index contributed by atoms with van der Waals surface area (Å²) in [6.07, 6.45) is 1.67. The van der Waals surface area contributed by atoms with E-state index in [1.165, 1.54) is 0 Å². The molecule has 4 heteroatoms. The number of nitrogen functional groups attached to an aromatic ring is 1. The van der Waals surface area contributed by atoms with E-state index < -0.39 is 0 Å². The highest BCUT2D eigenvalue weighted by Gasteiger charge is 2.05.